The number of H-pyrrole nitrogens is 1. The molecule has 0 aliphatic rings. The highest BCUT2D eigenvalue weighted by Gasteiger charge is 2.18. The number of rotatable bonds is 3. The highest BCUT2D eigenvalue weighted by Crippen LogP contribution is 2.22. The van der Waals surface area contributed by atoms with Crippen molar-refractivity contribution in [3.8, 4) is 0 Å². The summed E-state index contributed by atoms with van der Waals surface area (Å²) in [5.74, 6) is 0.354. The highest BCUT2D eigenvalue weighted by molar-refractivity contribution is 6.07. The van der Waals surface area contributed by atoms with Gasteiger partial charge in [0, 0.05) is 29.9 Å². The third-order valence-electron chi connectivity index (χ3n) is 3.07. The molecule has 5 heteroatoms. The Morgan fingerprint density at radius 1 is 1.25 bits per heavy atom. The molecule has 0 unspecified atom stereocenters. The predicted octanol–water partition coefficient (Wildman–Crippen LogP) is 3.00. The second-order valence-corrected chi connectivity index (χ2v) is 5.67. The average Bonchev–Trinajstić information content (AvgIpc) is 2.87. The second kappa shape index (κ2) is 5.36. The van der Waals surface area contributed by atoms with Crippen molar-refractivity contribution in [2.24, 2.45) is 0 Å². The molecule has 1 heterocycles. The zero-order chi connectivity index (χ0) is 14.8. The van der Waals surface area contributed by atoms with Gasteiger partial charge in [0.25, 0.3) is 5.91 Å². The number of para-hydroxylation sites is 1. The minimum absolute atomic E-state index is 0.0289. The Labute approximate surface area is 118 Å². The number of hydrogen-bond donors (Lipinski definition) is 3. The third-order valence-corrected chi connectivity index (χ3v) is 3.07. The maximum Gasteiger partial charge on any atom is 0.258 e. The predicted molar refractivity (Wildman–Crippen MR) is 81.2 cm³/mol. The molecule has 0 aliphatic carbocycles. The fourth-order valence-corrected chi connectivity index (χ4v) is 1.85. The fourth-order valence-electron chi connectivity index (χ4n) is 1.85. The molecule has 2 rings (SSSR count). The number of amides is 1. The molecule has 1 amide bonds. The molecule has 0 radical (unpaired) electrons. The first-order chi connectivity index (χ1) is 9.41. The molecule has 2 aromatic rings. The maximum atomic E-state index is 12.2. The Kier molecular flexibility index (Phi) is 3.79. The van der Waals surface area contributed by atoms with Crippen LogP contribution in [0.2, 0.25) is 0 Å². The fraction of sp³-hybridized carbons (Fsp3) is 0.333. The van der Waals surface area contributed by atoms with Crippen molar-refractivity contribution in [1.29, 1.82) is 0 Å². The van der Waals surface area contributed by atoms with Crippen LogP contribution in [-0.2, 0) is 5.41 Å². The Morgan fingerprint density at radius 2 is 1.95 bits per heavy atom. The van der Waals surface area contributed by atoms with Gasteiger partial charge in [0.05, 0.1) is 5.56 Å². The van der Waals surface area contributed by atoms with Gasteiger partial charge in [-0.3, -0.25) is 9.89 Å². The minimum atomic E-state index is -0.179. The van der Waals surface area contributed by atoms with Gasteiger partial charge in [-0.25, -0.2) is 0 Å². The topological polar surface area (TPSA) is 69.8 Å². The smallest absolute Gasteiger partial charge is 0.258 e. The van der Waals surface area contributed by atoms with Gasteiger partial charge in [0.2, 0.25) is 0 Å². The quantitative estimate of drug-likeness (QED) is 0.804. The highest BCUT2D eigenvalue weighted by atomic mass is 16.1. The number of nitrogens with one attached hydrogen (secondary N) is 3. The van der Waals surface area contributed by atoms with E-state index in [-0.39, 0.29) is 11.3 Å². The van der Waals surface area contributed by atoms with E-state index in [0.717, 1.165) is 11.4 Å². The number of hydrogen-bond acceptors (Lipinski definition) is 3. The number of aromatic amines is 1. The molecular weight excluding hydrogens is 252 g/mol. The van der Waals surface area contributed by atoms with E-state index in [9.17, 15) is 4.79 Å². The third kappa shape index (κ3) is 2.99. The van der Waals surface area contributed by atoms with Crippen molar-refractivity contribution in [2.45, 2.75) is 26.2 Å². The van der Waals surface area contributed by atoms with Crippen LogP contribution in [0.15, 0.2) is 30.3 Å². The van der Waals surface area contributed by atoms with Crippen molar-refractivity contribution in [3.63, 3.8) is 0 Å². The first-order valence-electron chi connectivity index (χ1n) is 6.56. The Hall–Kier alpha value is -2.30. The lowest BCUT2D eigenvalue weighted by Gasteiger charge is -2.14. The van der Waals surface area contributed by atoms with Crippen LogP contribution >= 0.6 is 0 Å². The van der Waals surface area contributed by atoms with E-state index in [2.05, 4.69) is 41.6 Å². The second-order valence-electron chi connectivity index (χ2n) is 5.67. The van der Waals surface area contributed by atoms with Gasteiger partial charge in [0.15, 0.2) is 5.82 Å². The van der Waals surface area contributed by atoms with Crippen molar-refractivity contribution < 1.29 is 4.79 Å². The number of carbonyl (C=O) groups excluding carboxylic acids is 1. The lowest BCUT2D eigenvalue weighted by molar-refractivity contribution is 0.102. The van der Waals surface area contributed by atoms with E-state index < -0.39 is 0 Å². The lowest BCUT2D eigenvalue weighted by Crippen LogP contribution is -2.14. The number of benzene rings is 1. The van der Waals surface area contributed by atoms with Crippen molar-refractivity contribution >= 4 is 17.4 Å². The number of anilines is 2. The van der Waals surface area contributed by atoms with Crippen LogP contribution in [0.4, 0.5) is 11.5 Å². The minimum Gasteiger partial charge on any atom is -0.387 e. The van der Waals surface area contributed by atoms with Crippen molar-refractivity contribution in [2.75, 3.05) is 17.7 Å². The van der Waals surface area contributed by atoms with E-state index in [1.54, 1.807) is 13.1 Å². The number of nitrogens with zero attached hydrogens (tertiary/aromatic N) is 1. The molecule has 0 saturated heterocycles. The first kappa shape index (κ1) is 14.1. The van der Waals surface area contributed by atoms with Gasteiger partial charge >= 0.3 is 0 Å². The summed E-state index contributed by atoms with van der Waals surface area (Å²) in [7, 11) is 1.79. The standard InChI is InChI=1S/C15H20N4O/c1-15(2,3)12-9-13(19-18-12)17-14(20)10-7-5-6-8-11(10)16-4/h5-9,16H,1-4H3,(H2,17,18,19,20). The molecule has 5 nitrogen and oxygen atoms in total. The SMILES string of the molecule is CNc1ccccc1C(=O)Nc1cc(C(C)(C)C)[nH]n1. The summed E-state index contributed by atoms with van der Waals surface area (Å²) in [5, 5.41) is 12.9. The summed E-state index contributed by atoms with van der Waals surface area (Å²) in [6, 6.07) is 9.22. The van der Waals surface area contributed by atoms with E-state index in [0.29, 0.717) is 11.4 Å². The van der Waals surface area contributed by atoms with Crippen molar-refractivity contribution in [1.82, 2.24) is 10.2 Å². The molecule has 1 aromatic heterocycles. The van der Waals surface area contributed by atoms with Gasteiger partial charge in [-0.1, -0.05) is 32.9 Å². The van der Waals surface area contributed by atoms with Crippen LogP contribution in [0.1, 0.15) is 36.8 Å². The van der Waals surface area contributed by atoms with Crippen LogP contribution in [0.3, 0.4) is 0 Å². The van der Waals surface area contributed by atoms with E-state index in [1.807, 2.05) is 24.3 Å². The Balaban J connectivity index is 2.18. The van der Waals surface area contributed by atoms with Crippen LogP contribution in [-0.4, -0.2) is 23.2 Å². The molecule has 3 N–H and O–H groups in total. The Bertz CT molecular complexity index is 610. The van der Waals surface area contributed by atoms with Gasteiger partial charge < -0.3 is 10.6 Å². The summed E-state index contributed by atoms with van der Waals surface area (Å²) in [4.78, 5) is 12.2. The van der Waals surface area contributed by atoms with Gasteiger partial charge in [0.1, 0.15) is 0 Å². The Morgan fingerprint density at radius 3 is 2.55 bits per heavy atom. The monoisotopic (exact) mass is 272 g/mol. The zero-order valence-electron chi connectivity index (χ0n) is 12.2. The zero-order valence-corrected chi connectivity index (χ0v) is 12.2. The summed E-state index contributed by atoms with van der Waals surface area (Å²) >= 11 is 0. The summed E-state index contributed by atoms with van der Waals surface area (Å²) in [5.41, 5.74) is 2.33. The molecule has 0 aliphatic heterocycles. The molecule has 106 valence electrons. The molecule has 0 fully saturated rings. The van der Waals surface area contributed by atoms with E-state index >= 15 is 0 Å². The van der Waals surface area contributed by atoms with Gasteiger partial charge in [-0.05, 0) is 12.1 Å². The number of aromatic nitrogens is 2. The molecule has 0 saturated carbocycles. The largest absolute Gasteiger partial charge is 0.387 e. The lowest BCUT2D eigenvalue weighted by atomic mass is 9.92. The summed E-state index contributed by atoms with van der Waals surface area (Å²) < 4.78 is 0. The normalized spacial score (nSPS) is 11.2. The molecule has 0 atom stereocenters. The number of carbonyl (C=O) groups is 1. The molecule has 20 heavy (non-hydrogen) atoms. The average molecular weight is 272 g/mol. The maximum absolute atomic E-state index is 12.2. The van der Waals surface area contributed by atoms with Crippen molar-refractivity contribution in [3.05, 3.63) is 41.6 Å². The summed E-state index contributed by atoms with van der Waals surface area (Å²) in [6.45, 7) is 6.26. The molecule has 0 bridgehead atoms. The molecular formula is C15H20N4O. The molecule has 0 spiro atoms. The van der Waals surface area contributed by atoms with E-state index in [1.165, 1.54) is 0 Å². The molecule has 1 aromatic carbocycles. The van der Waals surface area contributed by atoms with Crippen LogP contribution in [0.5, 0.6) is 0 Å². The van der Waals surface area contributed by atoms with Gasteiger partial charge in [-0.15, -0.1) is 0 Å². The van der Waals surface area contributed by atoms with Crippen LogP contribution in [0.25, 0.3) is 0 Å². The first-order valence-corrected chi connectivity index (χ1v) is 6.56. The van der Waals surface area contributed by atoms with Crippen LogP contribution in [0, 0.1) is 0 Å². The summed E-state index contributed by atoms with van der Waals surface area (Å²) in [6.07, 6.45) is 0. The van der Waals surface area contributed by atoms with E-state index in [4.69, 9.17) is 0 Å². The van der Waals surface area contributed by atoms with Gasteiger partial charge in [-0.2, -0.15) is 5.10 Å². The van der Waals surface area contributed by atoms with Crippen LogP contribution < -0.4 is 10.6 Å².